The lowest BCUT2D eigenvalue weighted by Gasteiger charge is -2.53. The molecule has 2 atom stereocenters. The molecule has 0 aliphatic carbocycles. The number of carbonyl (C=O) groups excluding carboxylic acids is 4. The third-order valence-electron chi connectivity index (χ3n) is 7.62. The van der Waals surface area contributed by atoms with Crippen LogP contribution < -0.4 is 20.7 Å². The van der Waals surface area contributed by atoms with E-state index in [1.54, 1.807) is 31.2 Å². The number of ether oxygens (including phenoxy) is 1. The molecule has 41 heavy (non-hydrogen) atoms. The molecule has 1 spiro atoms. The number of nitrogens with zero attached hydrogens (tertiary/aromatic N) is 2. The second-order valence-electron chi connectivity index (χ2n) is 10.7. The minimum Gasteiger partial charge on any atom is -0.484 e. The summed E-state index contributed by atoms with van der Waals surface area (Å²) in [5.74, 6) is -0.0568. The van der Waals surface area contributed by atoms with Crippen LogP contribution in [0.25, 0.3) is 0 Å². The Labute approximate surface area is 238 Å². The number of carbonyl (C=O) groups is 4. The maximum absolute atomic E-state index is 13.2. The monoisotopic (exact) mass is 565 g/mol. The van der Waals surface area contributed by atoms with Gasteiger partial charge in [0.2, 0.25) is 11.8 Å². The number of hydrogen-bond acceptors (Lipinski definition) is 7. The van der Waals surface area contributed by atoms with Crippen molar-refractivity contribution in [2.75, 3.05) is 38.6 Å². The second-order valence-corrected chi connectivity index (χ2v) is 10.7. The van der Waals surface area contributed by atoms with Crippen LogP contribution in [0.2, 0.25) is 0 Å². The molecule has 218 valence electrons. The first-order valence-corrected chi connectivity index (χ1v) is 13.5. The van der Waals surface area contributed by atoms with E-state index in [0.29, 0.717) is 37.5 Å². The predicted octanol–water partition coefficient (Wildman–Crippen LogP) is 2.59. The summed E-state index contributed by atoms with van der Waals surface area (Å²) in [5, 5.41) is 8.82. The fraction of sp³-hybridized carbons (Fsp3) is 0.400. The van der Waals surface area contributed by atoms with E-state index in [4.69, 9.17) is 4.74 Å². The highest BCUT2D eigenvalue weighted by atomic mass is 19.1. The van der Waals surface area contributed by atoms with Gasteiger partial charge in [-0.1, -0.05) is 18.7 Å². The molecule has 2 aromatic rings. The Morgan fingerprint density at radius 2 is 1.78 bits per heavy atom. The number of benzene rings is 2. The zero-order valence-corrected chi connectivity index (χ0v) is 23.5. The van der Waals surface area contributed by atoms with E-state index >= 15 is 0 Å². The summed E-state index contributed by atoms with van der Waals surface area (Å²) in [4.78, 5) is 51.9. The van der Waals surface area contributed by atoms with Gasteiger partial charge in [0, 0.05) is 25.8 Å². The minimum absolute atomic E-state index is 0.0209. The number of nitrogens with one attached hydrogen (secondary N) is 3. The Balaban J connectivity index is 1.27. The van der Waals surface area contributed by atoms with Gasteiger partial charge in [-0.25, -0.2) is 4.39 Å². The van der Waals surface area contributed by atoms with Crippen LogP contribution in [0.1, 0.15) is 38.3 Å². The Hall–Kier alpha value is -4.41. The van der Waals surface area contributed by atoms with Crippen molar-refractivity contribution in [2.24, 2.45) is 5.41 Å². The second kappa shape index (κ2) is 12.4. The van der Waals surface area contributed by atoms with Gasteiger partial charge in [0.15, 0.2) is 6.61 Å². The van der Waals surface area contributed by atoms with Gasteiger partial charge in [-0.2, -0.15) is 0 Å². The Kier molecular flexibility index (Phi) is 8.95. The van der Waals surface area contributed by atoms with Crippen molar-refractivity contribution in [3.05, 3.63) is 72.3 Å². The highest BCUT2D eigenvalue weighted by Gasteiger charge is 2.56. The number of amides is 3. The molecular weight excluding hydrogens is 529 g/mol. The van der Waals surface area contributed by atoms with Crippen molar-refractivity contribution in [3.63, 3.8) is 0 Å². The third-order valence-corrected chi connectivity index (χ3v) is 7.62. The molecule has 10 nitrogen and oxygen atoms in total. The first-order chi connectivity index (χ1) is 19.5. The number of hydrogen-bond donors (Lipinski definition) is 3. The van der Waals surface area contributed by atoms with Gasteiger partial charge in [0.05, 0.1) is 23.8 Å². The number of likely N-dealkylation sites (tertiary alicyclic amines) is 1. The van der Waals surface area contributed by atoms with Crippen LogP contribution in [-0.2, 0) is 19.2 Å². The Bertz CT molecular complexity index is 1310. The highest BCUT2D eigenvalue weighted by Crippen LogP contribution is 2.50. The number of β-lactam (4-membered cyclic amide) rings is 1. The first kappa shape index (κ1) is 29.6. The average Bonchev–Trinajstić information content (AvgIpc) is 2.95. The lowest BCUT2D eigenvalue weighted by molar-refractivity contribution is -0.151. The number of piperidine rings is 1. The van der Waals surface area contributed by atoms with Gasteiger partial charge >= 0.3 is 0 Å². The van der Waals surface area contributed by atoms with Gasteiger partial charge < -0.3 is 30.5 Å². The van der Waals surface area contributed by atoms with Crippen LogP contribution in [0.3, 0.4) is 0 Å². The number of likely N-dealkylation sites (N-methyl/N-ethyl adjacent to an activating group) is 1. The summed E-state index contributed by atoms with van der Waals surface area (Å²) in [7, 11) is 1.51. The zero-order chi connectivity index (χ0) is 29.7. The number of ketones is 1. The van der Waals surface area contributed by atoms with Crippen LogP contribution in [0.15, 0.2) is 60.9 Å². The third kappa shape index (κ3) is 6.85. The van der Waals surface area contributed by atoms with Crippen LogP contribution in [0.5, 0.6) is 5.75 Å². The quantitative estimate of drug-likeness (QED) is 0.358. The molecule has 2 aromatic carbocycles. The van der Waals surface area contributed by atoms with Crippen LogP contribution in [0.4, 0.5) is 10.1 Å². The lowest BCUT2D eigenvalue weighted by atomic mass is 9.64. The fourth-order valence-electron chi connectivity index (χ4n) is 5.33. The molecule has 0 bridgehead atoms. The smallest absolute Gasteiger partial charge is 0.258 e. The van der Waals surface area contributed by atoms with Crippen molar-refractivity contribution in [1.29, 1.82) is 0 Å². The predicted molar refractivity (Wildman–Crippen MR) is 151 cm³/mol. The van der Waals surface area contributed by atoms with Gasteiger partial charge in [-0.15, -0.1) is 0 Å². The van der Waals surface area contributed by atoms with E-state index < -0.39 is 17.4 Å². The molecular formula is C30H36FN5O5. The summed E-state index contributed by atoms with van der Waals surface area (Å²) in [5.41, 5.74) is 1.19. The Morgan fingerprint density at radius 3 is 2.37 bits per heavy atom. The summed E-state index contributed by atoms with van der Waals surface area (Å²) >= 11 is 0. The van der Waals surface area contributed by atoms with Crippen molar-refractivity contribution < 1.29 is 28.3 Å². The molecule has 0 radical (unpaired) electrons. The molecule has 0 saturated carbocycles. The summed E-state index contributed by atoms with van der Waals surface area (Å²) in [6.07, 6.45) is 1.31. The normalized spacial score (nSPS) is 18.0. The molecule has 2 aliphatic heterocycles. The molecule has 2 heterocycles. The standard InChI is InChI=1S/C30H36FN5O5/c1-19(37)17-35(4)28(39)20(2)32-26(38)18-41-25-11-5-22(6-12-25)27-30(29(40)34-27)13-15-36(16-14-30)21(3)33-24-9-7-23(31)8-10-24/h5-12,20,27,33H,3,13-18H2,1-2,4H3,(H,32,38)(H,34,40). The highest BCUT2D eigenvalue weighted by molar-refractivity contribution is 5.91. The Morgan fingerprint density at radius 1 is 1.15 bits per heavy atom. The molecule has 3 amide bonds. The molecule has 4 rings (SSSR count). The SMILES string of the molecule is C=C(Nc1ccc(F)cc1)N1CCC2(CC1)C(=O)NC2c1ccc(OCC(=O)NC(C)C(=O)N(C)CC(C)=O)cc1. The van der Waals surface area contributed by atoms with Crippen molar-refractivity contribution >= 4 is 29.2 Å². The average molecular weight is 566 g/mol. The molecule has 2 saturated heterocycles. The summed E-state index contributed by atoms with van der Waals surface area (Å²) in [6, 6.07) is 12.4. The largest absolute Gasteiger partial charge is 0.484 e. The molecule has 2 unspecified atom stereocenters. The van der Waals surface area contributed by atoms with E-state index in [1.807, 2.05) is 12.1 Å². The van der Waals surface area contributed by atoms with E-state index in [0.717, 1.165) is 11.3 Å². The van der Waals surface area contributed by atoms with Gasteiger partial charge in [-0.05, 0) is 68.7 Å². The van der Waals surface area contributed by atoms with E-state index in [-0.39, 0.29) is 42.6 Å². The molecule has 11 heteroatoms. The van der Waals surface area contributed by atoms with Crippen molar-refractivity contribution in [3.8, 4) is 5.75 Å². The lowest BCUT2D eigenvalue weighted by Crippen LogP contribution is -2.64. The van der Waals surface area contributed by atoms with Crippen LogP contribution >= 0.6 is 0 Å². The number of anilines is 1. The maximum atomic E-state index is 13.2. The first-order valence-electron chi connectivity index (χ1n) is 13.5. The molecule has 2 fully saturated rings. The van der Waals surface area contributed by atoms with Crippen molar-refractivity contribution in [1.82, 2.24) is 20.4 Å². The van der Waals surface area contributed by atoms with Crippen LogP contribution in [-0.4, -0.2) is 72.6 Å². The number of halogens is 1. The number of Topliss-reactive ketones (excluding diaryl/α,β-unsaturated/α-hetero) is 1. The van der Waals surface area contributed by atoms with Gasteiger partial charge in [0.1, 0.15) is 23.4 Å². The molecule has 0 aromatic heterocycles. The van der Waals surface area contributed by atoms with Crippen LogP contribution in [0, 0.1) is 11.2 Å². The minimum atomic E-state index is -0.793. The summed E-state index contributed by atoms with van der Waals surface area (Å²) < 4.78 is 18.8. The molecule has 2 aliphatic rings. The number of rotatable bonds is 11. The van der Waals surface area contributed by atoms with Gasteiger partial charge in [-0.3, -0.25) is 19.2 Å². The molecule has 3 N–H and O–H groups in total. The maximum Gasteiger partial charge on any atom is 0.258 e. The van der Waals surface area contributed by atoms with E-state index in [1.165, 1.54) is 31.0 Å². The summed E-state index contributed by atoms with van der Waals surface area (Å²) in [6.45, 7) is 8.06. The van der Waals surface area contributed by atoms with E-state index in [9.17, 15) is 23.6 Å². The van der Waals surface area contributed by atoms with E-state index in [2.05, 4.69) is 27.4 Å². The van der Waals surface area contributed by atoms with Crippen molar-refractivity contribution in [2.45, 2.75) is 38.8 Å². The fourth-order valence-corrected chi connectivity index (χ4v) is 5.33. The van der Waals surface area contributed by atoms with Gasteiger partial charge in [0.25, 0.3) is 5.91 Å². The topological polar surface area (TPSA) is 120 Å². The zero-order valence-electron chi connectivity index (χ0n) is 23.5.